The number of imidazole rings is 1. The lowest BCUT2D eigenvalue weighted by atomic mass is 10.1. The summed E-state index contributed by atoms with van der Waals surface area (Å²) < 4.78 is 2.00. The molecule has 26 heavy (non-hydrogen) atoms. The predicted octanol–water partition coefficient (Wildman–Crippen LogP) is 5.72. The molecule has 0 radical (unpaired) electrons. The molecular weight excluding hydrogens is 340 g/mol. The van der Waals surface area contributed by atoms with E-state index in [-0.39, 0.29) is 0 Å². The van der Waals surface area contributed by atoms with Gasteiger partial charge in [0.05, 0.1) is 5.69 Å². The second kappa shape index (κ2) is 6.54. The van der Waals surface area contributed by atoms with Gasteiger partial charge in [0.25, 0.3) is 0 Å². The molecule has 130 valence electrons. The summed E-state index contributed by atoms with van der Waals surface area (Å²) in [4.78, 5) is 18.8. The van der Waals surface area contributed by atoms with Gasteiger partial charge in [-0.05, 0) is 31.4 Å². The number of rotatable bonds is 4. The Bertz CT molecular complexity index is 1090. The second-order valence-electron chi connectivity index (χ2n) is 6.50. The molecule has 0 fully saturated rings. The lowest BCUT2D eigenvalue weighted by molar-refractivity contribution is 0.111. The van der Waals surface area contributed by atoms with Crippen LogP contribution in [-0.2, 0) is 6.42 Å². The van der Waals surface area contributed by atoms with Crippen molar-refractivity contribution in [3.05, 3.63) is 70.2 Å². The monoisotopic (exact) mass is 360 g/mol. The summed E-state index contributed by atoms with van der Waals surface area (Å²) in [6.45, 7) is 6.29. The van der Waals surface area contributed by atoms with Crippen LogP contribution in [0.1, 0.15) is 33.4 Å². The van der Waals surface area contributed by atoms with Crippen LogP contribution in [0.5, 0.6) is 0 Å². The number of carbonyl (C=O) groups excluding carboxylic acids is 1. The lowest BCUT2D eigenvalue weighted by Crippen LogP contribution is -1.95. The van der Waals surface area contributed by atoms with Crippen molar-refractivity contribution < 1.29 is 4.79 Å². The highest BCUT2D eigenvalue weighted by Crippen LogP contribution is 2.35. The van der Waals surface area contributed by atoms with Gasteiger partial charge in [0, 0.05) is 10.4 Å². The van der Waals surface area contributed by atoms with E-state index >= 15 is 0 Å². The Morgan fingerprint density at radius 2 is 1.65 bits per heavy atom. The van der Waals surface area contributed by atoms with Gasteiger partial charge in [-0.15, -0.1) is 11.3 Å². The highest BCUT2D eigenvalue weighted by Gasteiger charge is 2.20. The number of aromatic nitrogens is 2. The van der Waals surface area contributed by atoms with E-state index in [1.807, 2.05) is 28.7 Å². The molecule has 4 aromatic rings. The fraction of sp³-hybridized carbons (Fsp3) is 0.182. The first-order valence-corrected chi connectivity index (χ1v) is 9.57. The van der Waals surface area contributed by atoms with Gasteiger partial charge in [-0.25, -0.2) is 4.98 Å². The molecule has 0 aliphatic carbocycles. The van der Waals surface area contributed by atoms with Crippen LogP contribution < -0.4 is 0 Å². The van der Waals surface area contributed by atoms with Crippen LogP contribution in [0.2, 0.25) is 0 Å². The van der Waals surface area contributed by atoms with Crippen LogP contribution in [0.3, 0.4) is 0 Å². The highest BCUT2D eigenvalue weighted by atomic mass is 32.1. The summed E-state index contributed by atoms with van der Waals surface area (Å²) in [7, 11) is 0. The number of thiazole rings is 1. The van der Waals surface area contributed by atoms with Gasteiger partial charge in [0.2, 0.25) is 0 Å². The number of hydrogen-bond acceptors (Lipinski definition) is 3. The number of aldehydes is 1. The van der Waals surface area contributed by atoms with Gasteiger partial charge in [0.15, 0.2) is 11.2 Å². The average molecular weight is 360 g/mol. The normalized spacial score (nSPS) is 11.2. The van der Waals surface area contributed by atoms with Crippen molar-refractivity contribution >= 4 is 22.6 Å². The van der Waals surface area contributed by atoms with E-state index in [1.54, 1.807) is 11.3 Å². The van der Waals surface area contributed by atoms with E-state index in [0.717, 1.165) is 45.1 Å². The smallest absolute Gasteiger partial charge is 0.195 e. The maximum absolute atomic E-state index is 12.0. The lowest BCUT2D eigenvalue weighted by Gasteiger charge is -2.06. The van der Waals surface area contributed by atoms with E-state index in [0.29, 0.717) is 5.69 Å². The third-order valence-corrected chi connectivity index (χ3v) is 5.71. The van der Waals surface area contributed by atoms with Gasteiger partial charge in [0.1, 0.15) is 11.4 Å². The van der Waals surface area contributed by atoms with Crippen LogP contribution in [0.15, 0.2) is 48.5 Å². The van der Waals surface area contributed by atoms with Crippen LogP contribution in [-0.4, -0.2) is 15.7 Å². The van der Waals surface area contributed by atoms with E-state index in [2.05, 4.69) is 45.0 Å². The molecule has 0 amide bonds. The molecule has 2 aromatic heterocycles. The molecule has 3 nitrogen and oxygen atoms in total. The molecule has 2 heterocycles. The number of hydrogen-bond donors (Lipinski definition) is 0. The fourth-order valence-electron chi connectivity index (χ4n) is 3.30. The zero-order valence-corrected chi connectivity index (χ0v) is 15.9. The Kier molecular flexibility index (Phi) is 4.21. The molecule has 0 saturated heterocycles. The van der Waals surface area contributed by atoms with E-state index in [1.165, 1.54) is 11.1 Å². The molecule has 4 rings (SSSR count). The van der Waals surface area contributed by atoms with Crippen molar-refractivity contribution in [1.82, 2.24) is 9.38 Å². The first-order chi connectivity index (χ1) is 12.6. The standard InChI is InChI=1S/C22H20N2OS/c1-4-16-7-11-18(12-8-16)21-15(3)26-22-23-20(19(13-25)24(21)22)17-9-5-14(2)6-10-17/h5-13H,4H2,1-3H3. The van der Waals surface area contributed by atoms with Crippen molar-refractivity contribution in [2.45, 2.75) is 27.2 Å². The third kappa shape index (κ3) is 2.67. The van der Waals surface area contributed by atoms with Crippen LogP contribution in [0.25, 0.3) is 27.5 Å². The van der Waals surface area contributed by atoms with E-state index in [4.69, 9.17) is 4.98 Å². The fourth-order valence-corrected chi connectivity index (χ4v) is 4.30. The number of aryl methyl sites for hydroxylation is 3. The Hall–Kier alpha value is -2.72. The largest absolute Gasteiger partial charge is 0.296 e. The highest BCUT2D eigenvalue weighted by molar-refractivity contribution is 7.17. The van der Waals surface area contributed by atoms with E-state index in [9.17, 15) is 4.79 Å². The number of benzene rings is 2. The molecular formula is C22H20N2OS. The Labute approximate surface area is 157 Å². The van der Waals surface area contributed by atoms with Gasteiger partial charge in [-0.2, -0.15) is 0 Å². The van der Waals surface area contributed by atoms with Crippen LogP contribution in [0, 0.1) is 13.8 Å². The first kappa shape index (κ1) is 16.7. The quantitative estimate of drug-likeness (QED) is 0.436. The van der Waals surface area contributed by atoms with Crippen molar-refractivity contribution in [2.24, 2.45) is 0 Å². The SMILES string of the molecule is CCc1ccc(-c2c(C)sc3nc(-c4ccc(C)cc4)c(C=O)n23)cc1. The third-order valence-electron chi connectivity index (χ3n) is 4.76. The summed E-state index contributed by atoms with van der Waals surface area (Å²) in [5.41, 5.74) is 7.00. The number of fused-ring (bicyclic) bond motifs is 1. The van der Waals surface area contributed by atoms with Gasteiger partial charge >= 0.3 is 0 Å². The summed E-state index contributed by atoms with van der Waals surface area (Å²) >= 11 is 1.62. The van der Waals surface area contributed by atoms with Gasteiger partial charge in [-0.3, -0.25) is 9.20 Å². The zero-order chi connectivity index (χ0) is 18.3. The Morgan fingerprint density at radius 3 is 2.27 bits per heavy atom. The first-order valence-electron chi connectivity index (χ1n) is 8.75. The maximum Gasteiger partial charge on any atom is 0.195 e. The number of carbonyl (C=O) groups is 1. The molecule has 0 N–H and O–H groups in total. The summed E-state index contributed by atoms with van der Waals surface area (Å²) in [6.07, 6.45) is 1.94. The van der Waals surface area contributed by atoms with Crippen molar-refractivity contribution in [1.29, 1.82) is 0 Å². The van der Waals surface area contributed by atoms with Crippen LogP contribution >= 0.6 is 11.3 Å². The predicted molar refractivity (Wildman–Crippen MR) is 108 cm³/mol. The molecule has 0 spiro atoms. The Morgan fingerprint density at radius 1 is 1.00 bits per heavy atom. The number of nitrogens with zero attached hydrogens (tertiary/aromatic N) is 2. The molecule has 0 atom stereocenters. The van der Waals surface area contributed by atoms with Crippen molar-refractivity contribution in [2.75, 3.05) is 0 Å². The molecule has 0 bridgehead atoms. The zero-order valence-electron chi connectivity index (χ0n) is 15.1. The minimum Gasteiger partial charge on any atom is -0.296 e. The van der Waals surface area contributed by atoms with Gasteiger partial charge in [-0.1, -0.05) is 61.0 Å². The van der Waals surface area contributed by atoms with Crippen molar-refractivity contribution in [3.8, 4) is 22.5 Å². The summed E-state index contributed by atoms with van der Waals surface area (Å²) in [6, 6.07) is 16.7. The van der Waals surface area contributed by atoms with Crippen molar-refractivity contribution in [3.63, 3.8) is 0 Å². The summed E-state index contributed by atoms with van der Waals surface area (Å²) in [5.74, 6) is 0. The molecule has 0 aliphatic rings. The molecule has 0 unspecified atom stereocenters. The van der Waals surface area contributed by atoms with Crippen LogP contribution in [0.4, 0.5) is 0 Å². The molecule has 0 saturated carbocycles. The average Bonchev–Trinajstić information content (AvgIpc) is 3.16. The molecule has 2 aromatic carbocycles. The second-order valence-corrected chi connectivity index (χ2v) is 7.69. The molecule has 0 aliphatic heterocycles. The maximum atomic E-state index is 12.0. The topological polar surface area (TPSA) is 34.4 Å². The van der Waals surface area contributed by atoms with Gasteiger partial charge < -0.3 is 0 Å². The molecule has 4 heteroatoms. The Balaban J connectivity index is 1.95. The summed E-state index contributed by atoms with van der Waals surface area (Å²) in [5, 5.41) is 0. The minimum absolute atomic E-state index is 0.614. The minimum atomic E-state index is 0.614. The van der Waals surface area contributed by atoms with E-state index < -0.39 is 0 Å².